The third-order valence-electron chi connectivity index (χ3n) is 6.60. The molecule has 0 saturated heterocycles. The van der Waals surface area contributed by atoms with Crippen LogP contribution < -0.4 is 0 Å². The lowest BCUT2D eigenvalue weighted by atomic mass is 9.74. The van der Waals surface area contributed by atoms with Crippen LogP contribution in [0.3, 0.4) is 0 Å². The number of benzene rings is 4. The van der Waals surface area contributed by atoms with E-state index in [2.05, 4.69) is 102 Å². The lowest BCUT2D eigenvalue weighted by Crippen LogP contribution is -2.25. The summed E-state index contributed by atoms with van der Waals surface area (Å²) >= 11 is 0. The molecule has 30 heavy (non-hydrogen) atoms. The van der Waals surface area contributed by atoms with Crippen LogP contribution in [0.1, 0.15) is 22.3 Å². The monoisotopic (exact) mass is 389 g/mol. The van der Waals surface area contributed by atoms with E-state index < -0.39 is 0 Å². The predicted molar refractivity (Wildman–Crippen MR) is 121 cm³/mol. The highest BCUT2D eigenvalue weighted by Gasteiger charge is 2.78. The van der Waals surface area contributed by atoms with Crippen molar-refractivity contribution in [2.75, 3.05) is 0 Å². The largest absolute Gasteiger partial charge is 0.411 e. The van der Waals surface area contributed by atoms with E-state index in [1.54, 1.807) is 6.21 Å². The number of rotatable bonds is 5. The predicted octanol–water partition coefficient (Wildman–Crippen LogP) is 6.05. The topological polar surface area (TPSA) is 32.6 Å². The van der Waals surface area contributed by atoms with E-state index in [1.165, 1.54) is 22.3 Å². The van der Waals surface area contributed by atoms with Gasteiger partial charge in [-0.1, -0.05) is 121 Å². The van der Waals surface area contributed by atoms with Crippen LogP contribution in [0.15, 0.2) is 126 Å². The third kappa shape index (κ3) is 2.40. The third-order valence-corrected chi connectivity index (χ3v) is 6.60. The van der Waals surface area contributed by atoms with Crippen molar-refractivity contribution in [3.05, 3.63) is 144 Å². The maximum absolute atomic E-state index is 9.70. The van der Waals surface area contributed by atoms with Gasteiger partial charge in [-0.15, -0.1) is 5.16 Å². The molecule has 1 aliphatic carbocycles. The SMILES string of the molecule is O/N=C/C1C(c2ccccc2)(c2ccccc2)C1(c1ccccc1)c1ccccc1. The second-order valence-corrected chi connectivity index (χ2v) is 7.82. The van der Waals surface area contributed by atoms with E-state index in [9.17, 15) is 5.21 Å². The summed E-state index contributed by atoms with van der Waals surface area (Å²) in [4.78, 5) is 0. The molecule has 0 aliphatic heterocycles. The highest BCUT2D eigenvalue weighted by atomic mass is 16.4. The van der Waals surface area contributed by atoms with Crippen LogP contribution in [0.5, 0.6) is 0 Å². The van der Waals surface area contributed by atoms with Crippen molar-refractivity contribution in [2.24, 2.45) is 11.1 Å². The zero-order valence-corrected chi connectivity index (χ0v) is 16.6. The Labute approximate surface area is 177 Å². The molecule has 1 aliphatic rings. The minimum absolute atomic E-state index is 0.0374. The summed E-state index contributed by atoms with van der Waals surface area (Å²) in [5, 5.41) is 13.3. The molecule has 2 nitrogen and oxygen atoms in total. The van der Waals surface area contributed by atoms with Gasteiger partial charge in [-0.25, -0.2) is 0 Å². The molecule has 0 spiro atoms. The van der Waals surface area contributed by atoms with Crippen LogP contribution in [0.25, 0.3) is 0 Å². The second-order valence-electron chi connectivity index (χ2n) is 7.82. The van der Waals surface area contributed by atoms with Gasteiger partial charge in [0.15, 0.2) is 0 Å². The van der Waals surface area contributed by atoms with E-state index in [1.807, 2.05) is 24.3 Å². The van der Waals surface area contributed by atoms with E-state index in [0.29, 0.717) is 0 Å². The molecule has 4 aromatic carbocycles. The van der Waals surface area contributed by atoms with Crippen molar-refractivity contribution in [1.29, 1.82) is 0 Å². The van der Waals surface area contributed by atoms with Gasteiger partial charge >= 0.3 is 0 Å². The first kappa shape index (κ1) is 18.4. The molecule has 0 aromatic heterocycles. The van der Waals surface area contributed by atoms with Crippen LogP contribution >= 0.6 is 0 Å². The molecule has 0 unspecified atom stereocenters. The Morgan fingerprint density at radius 2 is 0.767 bits per heavy atom. The summed E-state index contributed by atoms with van der Waals surface area (Å²) in [7, 11) is 0. The Kier molecular flexibility index (Phi) is 4.48. The average Bonchev–Trinajstić information content (AvgIpc) is 3.46. The van der Waals surface area contributed by atoms with Gasteiger partial charge in [0.25, 0.3) is 0 Å². The summed E-state index contributed by atoms with van der Waals surface area (Å²) in [6, 6.07) is 42.5. The van der Waals surface area contributed by atoms with Crippen LogP contribution in [-0.4, -0.2) is 11.4 Å². The standard InChI is InChI=1S/C28H23NO/c30-29-21-26-27(22-13-5-1-6-14-22,23-15-7-2-8-16-23)28(26,24-17-9-3-10-18-24)25-19-11-4-12-20-25/h1-21,26,30H/b29-21+. The summed E-state index contributed by atoms with van der Waals surface area (Å²) in [6.07, 6.45) is 1.72. The molecular weight excluding hydrogens is 366 g/mol. The molecule has 0 atom stereocenters. The van der Waals surface area contributed by atoms with Gasteiger partial charge in [0, 0.05) is 23.0 Å². The molecule has 0 radical (unpaired) electrons. The van der Waals surface area contributed by atoms with E-state index in [-0.39, 0.29) is 16.7 Å². The Balaban J connectivity index is 1.92. The van der Waals surface area contributed by atoms with Crippen LogP contribution in [0.4, 0.5) is 0 Å². The van der Waals surface area contributed by atoms with Crippen LogP contribution in [0, 0.1) is 5.92 Å². The van der Waals surface area contributed by atoms with Gasteiger partial charge in [0.1, 0.15) is 0 Å². The fraction of sp³-hybridized carbons (Fsp3) is 0.107. The quantitative estimate of drug-likeness (QED) is 0.252. The summed E-state index contributed by atoms with van der Waals surface area (Å²) in [5.41, 5.74) is 4.10. The molecule has 1 saturated carbocycles. The molecule has 0 bridgehead atoms. The molecule has 0 heterocycles. The molecule has 5 rings (SSSR count). The maximum Gasteiger partial charge on any atom is 0.0492 e. The Hall–Kier alpha value is -3.65. The maximum atomic E-state index is 9.70. The van der Waals surface area contributed by atoms with Crippen molar-refractivity contribution in [3.8, 4) is 0 Å². The average molecular weight is 389 g/mol. The normalized spacial score (nSPS) is 17.1. The number of nitrogens with zero attached hydrogens (tertiary/aromatic N) is 1. The zero-order chi connectivity index (χ0) is 20.4. The molecule has 1 N–H and O–H groups in total. The van der Waals surface area contributed by atoms with Gasteiger partial charge in [0.05, 0.1) is 0 Å². The number of hydrogen-bond acceptors (Lipinski definition) is 2. The highest BCUT2D eigenvalue weighted by molar-refractivity contribution is 5.84. The molecule has 146 valence electrons. The fourth-order valence-electron chi connectivity index (χ4n) is 5.56. The second kappa shape index (κ2) is 7.31. The Bertz CT molecular complexity index is 970. The molecule has 1 fully saturated rings. The number of oxime groups is 1. The fourth-order valence-corrected chi connectivity index (χ4v) is 5.56. The van der Waals surface area contributed by atoms with E-state index in [4.69, 9.17) is 0 Å². The molecular formula is C28H23NO. The molecule has 2 heteroatoms. The van der Waals surface area contributed by atoms with Gasteiger partial charge in [0.2, 0.25) is 0 Å². The van der Waals surface area contributed by atoms with Crippen molar-refractivity contribution in [3.63, 3.8) is 0 Å². The van der Waals surface area contributed by atoms with Crippen molar-refractivity contribution in [1.82, 2.24) is 0 Å². The highest BCUT2D eigenvalue weighted by Crippen LogP contribution is 2.75. The van der Waals surface area contributed by atoms with Gasteiger partial charge < -0.3 is 5.21 Å². The summed E-state index contributed by atoms with van der Waals surface area (Å²) in [5.74, 6) is -0.0374. The van der Waals surface area contributed by atoms with Gasteiger partial charge in [-0.3, -0.25) is 0 Å². The van der Waals surface area contributed by atoms with Crippen molar-refractivity contribution in [2.45, 2.75) is 10.8 Å². The lowest BCUT2D eigenvalue weighted by Gasteiger charge is -2.28. The Morgan fingerprint density at radius 3 is 1.00 bits per heavy atom. The van der Waals surface area contributed by atoms with Crippen LogP contribution in [-0.2, 0) is 10.8 Å². The lowest BCUT2D eigenvalue weighted by molar-refractivity contribution is 0.319. The van der Waals surface area contributed by atoms with E-state index >= 15 is 0 Å². The van der Waals surface area contributed by atoms with Crippen LogP contribution in [0.2, 0.25) is 0 Å². The summed E-state index contributed by atoms with van der Waals surface area (Å²) in [6.45, 7) is 0. The molecule has 4 aromatic rings. The first-order valence-electron chi connectivity index (χ1n) is 10.3. The van der Waals surface area contributed by atoms with Crippen molar-refractivity contribution < 1.29 is 5.21 Å². The number of hydrogen-bond donors (Lipinski definition) is 1. The first-order valence-corrected chi connectivity index (χ1v) is 10.3. The minimum Gasteiger partial charge on any atom is -0.411 e. The smallest absolute Gasteiger partial charge is 0.0492 e. The van der Waals surface area contributed by atoms with Crippen molar-refractivity contribution >= 4 is 6.21 Å². The molecule has 0 amide bonds. The summed E-state index contributed by atoms with van der Waals surface area (Å²) < 4.78 is 0. The van der Waals surface area contributed by atoms with E-state index in [0.717, 1.165) is 0 Å². The van der Waals surface area contributed by atoms with Gasteiger partial charge in [-0.2, -0.15) is 0 Å². The Morgan fingerprint density at radius 1 is 0.500 bits per heavy atom. The minimum atomic E-state index is -0.384. The zero-order valence-electron chi connectivity index (χ0n) is 16.6. The first-order chi connectivity index (χ1) is 14.9. The van der Waals surface area contributed by atoms with Gasteiger partial charge in [-0.05, 0) is 22.3 Å².